The molecule has 1 amide bonds. The number of carbonyl (C=O) groups excluding carboxylic acids is 1. The molecule has 1 heterocycles. The third-order valence-corrected chi connectivity index (χ3v) is 6.99. The summed E-state index contributed by atoms with van der Waals surface area (Å²) in [5.74, 6) is 0.585. The highest BCUT2D eigenvalue weighted by atomic mass is 35.5. The smallest absolute Gasteiger partial charge is 0.271 e. The SMILES string of the molecule is Cc1cc(/C=N/NC(=O)c2ccc(CSc3ccccc3)cc2)c(C)n1-c1cc(Cl)ccc1Cl. The lowest BCUT2D eigenvalue weighted by Gasteiger charge is -2.12. The van der Waals surface area contributed by atoms with Crippen molar-refractivity contribution in [2.75, 3.05) is 0 Å². The van der Waals surface area contributed by atoms with Crippen LogP contribution >= 0.6 is 35.0 Å². The zero-order chi connectivity index (χ0) is 24.1. The molecule has 0 saturated carbocycles. The summed E-state index contributed by atoms with van der Waals surface area (Å²) in [7, 11) is 0. The number of hydrogen-bond acceptors (Lipinski definition) is 3. The van der Waals surface area contributed by atoms with Gasteiger partial charge < -0.3 is 4.57 Å². The summed E-state index contributed by atoms with van der Waals surface area (Å²) in [6.07, 6.45) is 1.64. The molecule has 0 aliphatic rings. The molecule has 0 aliphatic heterocycles. The van der Waals surface area contributed by atoms with Gasteiger partial charge in [-0.3, -0.25) is 4.79 Å². The van der Waals surface area contributed by atoms with Crippen LogP contribution in [0.2, 0.25) is 10.0 Å². The fourth-order valence-corrected chi connectivity index (χ4v) is 4.85. The van der Waals surface area contributed by atoms with Crippen LogP contribution in [0.15, 0.2) is 88.9 Å². The number of benzene rings is 3. The van der Waals surface area contributed by atoms with Gasteiger partial charge in [0, 0.05) is 38.2 Å². The highest BCUT2D eigenvalue weighted by molar-refractivity contribution is 7.98. The fourth-order valence-electron chi connectivity index (χ4n) is 3.61. The zero-order valence-electron chi connectivity index (χ0n) is 18.8. The third-order valence-electron chi connectivity index (χ3n) is 5.35. The van der Waals surface area contributed by atoms with Crippen molar-refractivity contribution in [2.45, 2.75) is 24.5 Å². The van der Waals surface area contributed by atoms with E-state index in [2.05, 4.69) is 22.7 Å². The summed E-state index contributed by atoms with van der Waals surface area (Å²) < 4.78 is 2.02. The molecule has 4 aromatic rings. The molecule has 172 valence electrons. The molecule has 0 bridgehead atoms. The van der Waals surface area contributed by atoms with E-state index in [-0.39, 0.29) is 5.91 Å². The van der Waals surface area contributed by atoms with E-state index < -0.39 is 0 Å². The molecule has 7 heteroatoms. The van der Waals surface area contributed by atoms with Crippen molar-refractivity contribution in [2.24, 2.45) is 5.10 Å². The first-order valence-electron chi connectivity index (χ1n) is 10.7. The van der Waals surface area contributed by atoms with Gasteiger partial charge in [-0.2, -0.15) is 5.10 Å². The van der Waals surface area contributed by atoms with Crippen LogP contribution in [-0.4, -0.2) is 16.7 Å². The van der Waals surface area contributed by atoms with Crippen LogP contribution in [0, 0.1) is 13.8 Å². The van der Waals surface area contributed by atoms with E-state index in [0.717, 1.165) is 34.0 Å². The Labute approximate surface area is 213 Å². The number of amides is 1. The molecule has 0 unspecified atom stereocenters. The van der Waals surface area contributed by atoms with Crippen LogP contribution in [0.5, 0.6) is 0 Å². The Morgan fingerprint density at radius 3 is 2.47 bits per heavy atom. The molecule has 0 atom stereocenters. The molecule has 0 fully saturated rings. The summed E-state index contributed by atoms with van der Waals surface area (Å²) >= 11 is 14.3. The van der Waals surface area contributed by atoms with Gasteiger partial charge in [-0.05, 0) is 67.9 Å². The van der Waals surface area contributed by atoms with Crippen molar-refractivity contribution in [3.63, 3.8) is 0 Å². The number of halogens is 2. The Bertz CT molecular complexity index is 1330. The lowest BCUT2D eigenvalue weighted by molar-refractivity contribution is 0.0955. The van der Waals surface area contributed by atoms with Crippen LogP contribution in [0.3, 0.4) is 0 Å². The lowest BCUT2D eigenvalue weighted by Crippen LogP contribution is -2.17. The quantitative estimate of drug-likeness (QED) is 0.160. The molecule has 0 radical (unpaired) electrons. The molecule has 3 aromatic carbocycles. The van der Waals surface area contributed by atoms with Crippen molar-refractivity contribution in [1.82, 2.24) is 9.99 Å². The molecule has 1 N–H and O–H groups in total. The average molecular weight is 508 g/mol. The maximum absolute atomic E-state index is 12.5. The van der Waals surface area contributed by atoms with Gasteiger partial charge >= 0.3 is 0 Å². The first-order valence-corrected chi connectivity index (χ1v) is 12.4. The minimum Gasteiger partial charge on any atom is -0.316 e. The standard InChI is InChI=1S/C27H23Cl2N3OS/c1-18-14-22(19(2)32(18)26-15-23(28)12-13-25(26)29)16-30-31-27(33)21-10-8-20(9-11-21)17-34-24-6-4-3-5-7-24/h3-16H,17H2,1-2H3,(H,31,33)/b30-16+. The number of thioether (sulfide) groups is 1. The van der Waals surface area contributed by atoms with Crippen LogP contribution < -0.4 is 5.43 Å². The van der Waals surface area contributed by atoms with Crippen molar-refractivity contribution in [3.05, 3.63) is 117 Å². The summed E-state index contributed by atoms with van der Waals surface area (Å²) in [4.78, 5) is 13.7. The van der Waals surface area contributed by atoms with E-state index in [0.29, 0.717) is 15.6 Å². The first-order chi connectivity index (χ1) is 16.4. The highest BCUT2D eigenvalue weighted by Gasteiger charge is 2.13. The number of aromatic nitrogens is 1. The van der Waals surface area contributed by atoms with Gasteiger partial charge in [0.15, 0.2) is 0 Å². The lowest BCUT2D eigenvalue weighted by atomic mass is 10.1. The van der Waals surface area contributed by atoms with Gasteiger partial charge in [-0.25, -0.2) is 5.43 Å². The average Bonchev–Trinajstić information content (AvgIpc) is 3.13. The second kappa shape index (κ2) is 11.0. The van der Waals surface area contributed by atoms with E-state index in [4.69, 9.17) is 23.2 Å². The van der Waals surface area contributed by atoms with Gasteiger partial charge in [0.1, 0.15) is 0 Å². The zero-order valence-corrected chi connectivity index (χ0v) is 21.1. The van der Waals surface area contributed by atoms with E-state index in [1.54, 1.807) is 30.1 Å². The van der Waals surface area contributed by atoms with E-state index >= 15 is 0 Å². The van der Waals surface area contributed by atoms with Crippen molar-refractivity contribution < 1.29 is 4.79 Å². The fraction of sp³-hybridized carbons (Fsp3) is 0.111. The number of hydrazone groups is 1. The van der Waals surface area contributed by atoms with Gasteiger partial charge in [0.2, 0.25) is 0 Å². The predicted octanol–water partition coefficient (Wildman–Crippen LogP) is 7.46. The van der Waals surface area contributed by atoms with Crippen molar-refractivity contribution >= 4 is 47.1 Å². The van der Waals surface area contributed by atoms with Crippen LogP contribution in [0.25, 0.3) is 5.69 Å². The minimum absolute atomic E-state index is 0.259. The number of nitrogens with one attached hydrogen (secondary N) is 1. The van der Waals surface area contributed by atoms with Gasteiger partial charge in [0.05, 0.1) is 16.9 Å². The van der Waals surface area contributed by atoms with E-state index in [1.807, 2.05) is 73.0 Å². The monoisotopic (exact) mass is 507 g/mol. The number of aryl methyl sites for hydroxylation is 1. The van der Waals surface area contributed by atoms with Crippen LogP contribution in [-0.2, 0) is 5.75 Å². The van der Waals surface area contributed by atoms with Crippen molar-refractivity contribution in [3.8, 4) is 5.69 Å². The van der Waals surface area contributed by atoms with Gasteiger partial charge in [0.25, 0.3) is 5.91 Å². The van der Waals surface area contributed by atoms with E-state index in [1.165, 1.54) is 4.90 Å². The topological polar surface area (TPSA) is 46.4 Å². The Morgan fingerprint density at radius 1 is 1.00 bits per heavy atom. The number of nitrogens with zero attached hydrogens (tertiary/aromatic N) is 2. The molecule has 0 spiro atoms. The summed E-state index contributed by atoms with van der Waals surface area (Å²) in [5.41, 5.74) is 7.93. The summed E-state index contributed by atoms with van der Waals surface area (Å²) in [6, 6.07) is 25.2. The molecule has 0 saturated heterocycles. The third kappa shape index (κ3) is 5.73. The maximum Gasteiger partial charge on any atom is 0.271 e. The summed E-state index contributed by atoms with van der Waals surface area (Å²) in [6.45, 7) is 3.96. The summed E-state index contributed by atoms with van der Waals surface area (Å²) in [5, 5.41) is 5.38. The maximum atomic E-state index is 12.5. The Balaban J connectivity index is 1.40. The predicted molar refractivity (Wildman–Crippen MR) is 143 cm³/mol. The molecular formula is C27H23Cl2N3OS. The molecule has 34 heavy (non-hydrogen) atoms. The number of rotatable bonds is 7. The molecule has 0 aliphatic carbocycles. The van der Waals surface area contributed by atoms with Crippen LogP contribution in [0.4, 0.5) is 0 Å². The molecule has 4 rings (SSSR count). The minimum atomic E-state index is -0.259. The molecule has 4 nitrogen and oxygen atoms in total. The first kappa shape index (κ1) is 24.1. The molecular weight excluding hydrogens is 485 g/mol. The number of carbonyl (C=O) groups is 1. The van der Waals surface area contributed by atoms with E-state index in [9.17, 15) is 4.79 Å². The highest BCUT2D eigenvalue weighted by Crippen LogP contribution is 2.28. The Kier molecular flexibility index (Phi) is 7.78. The van der Waals surface area contributed by atoms with Crippen LogP contribution in [0.1, 0.15) is 32.9 Å². The number of hydrogen-bond donors (Lipinski definition) is 1. The normalized spacial score (nSPS) is 11.2. The largest absolute Gasteiger partial charge is 0.316 e. The van der Waals surface area contributed by atoms with Gasteiger partial charge in [-0.1, -0.05) is 53.5 Å². The second-order valence-corrected chi connectivity index (χ2v) is 9.65. The van der Waals surface area contributed by atoms with Gasteiger partial charge in [-0.15, -0.1) is 11.8 Å². The molecule has 1 aromatic heterocycles. The Morgan fingerprint density at radius 2 is 1.74 bits per heavy atom. The Hall–Kier alpha value is -2.99. The van der Waals surface area contributed by atoms with Crippen molar-refractivity contribution in [1.29, 1.82) is 0 Å². The second-order valence-electron chi connectivity index (χ2n) is 7.76.